The minimum Gasteiger partial charge on any atom is -0.481 e. The number of aliphatic carboxylic acids is 1. The molecule has 0 spiro atoms. The summed E-state index contributed by atoms with van der Waals surface area (Å²) in [6.45, 7) is 0. The van der Waals surface area contributed by atoms with Gasteiger partial charge in [0.05, 0.1) is 5.41 Å². The van der Waals surface area contributed by atoms with Crippen LogP contribution in [0.15, 0.2) is 18.5 Å². The maximum Gasteiger partial charge on any atom is 0.314 e. The fourth-order valence-electron chi connectivity index (χ4n) is 1.86. The van der Waals surface area contributed by atoms with E-state index in [1.54, 1.807) is 18.5 Å². The maximum atomic E-state index is 11.2. The van der Waals surface area contributed by atoms with Crippen LogP contribution < -0.4 is 0 Å². The van der Waals surface area contributed by atoms with Gasteiger partial charge in [0.25, 0.3) is 0 Å². The Labute approximate surface area is 86.7 Å². The lowest BCUT2D eigenvalue weighted by Gasteiger charge is -2.38. The molecule has 14 heavy (non-hydrogen) atoms. The van der Waals surface area contributed by atoms with Crippen molar-refractivity contribution in [3.63, 3.8) is 0 Å². The number of carboxylic acid groups (broad SMARTS) is 1. The van der Waals surface area contributed by atoms with Crippen molar-refractivity contribution in [3.8, 4) is 0 Å². The molecule has 0 amide bonds. The number of hydrogen-bond donors (Lipinski definition) is 1. The average Bonchev–Trinajstić information content (AvgIpc) is 2.05. The van der Waals surface area contributed by atoms with Crippen molar-refractivity contribution in [1.82, 2.24) is 4.98 Å². The van der Waals surface area contributed by atoms with Gasteiger partial charge in [0.2, 0.25) is 0 Å². The SMILES string of the molecule is O=C(O)C1(c2cnccc2Cl)CCC1. The lowest BCUT2D eigenvalue weighted by atomic mass is 9.65. The van der Waals surface area contributed by atoms with Gasteiger partial charge in [-0.2, -0.15) is 0 Å². The van der Waals surface area contributed by atoms with Gasteiger partial charge >= 0.3 is 5.97 Å². The first-order valence-electron chi connectivity index (χ1n) is 4.50. The molecule has 0 aliphatic heterocycles. The van der Waals surface area contributed by atoms with Crippen LogP contribution in [-0.4, -0.2) is 16.1 Å². The fraction of sp³-hybridized carbons (Fsp3) is 0.400. The van der Waals surface area contributed by atoms with Crippen LogP contribution in [0.3, 0.4) is 0 Å². The average molecular weight is 212 g/mol. The molecule has 0 saturated heterocycles. The number of carboxylic acids is 1. The summed E-state index contributed by atoms with van der Waals surface area (Å²) in [6, 6.07) is 1.64. The predicted molar refractivity (Wildman–Crippen MR) is 52.4 cm³/mol. The van der Waals surface area contributed by atoms with Crippen LogP contribution >= 0.6 is 11.6 Å². The van der Waals surface area contributed by atoms with Gasteiger partial charge in [0.15, 0.2) is 0 Å². The largest absolute Gasteiger partial charge is 0.481 e. The van der Waals surface area contributed by atoms with Crippen molar-refractivity contribution >= 4 is 17.6 Å². The standard InChI is InChI=1S/C10H10ClNO2/c11-8-2-5-12-6-7(8)10(9(13)14)3-1-4-10/h2,5-6H,1,3-4H2,(H,13,14). The predicted octanol–water partition coefficient (Wildman–Crippen LogP) is 2.24. The van der Waals surface area contributed by atoms with Crippen LogP contribution in [0.4, 0.5) is 0 Å². The quantitative estimate of drug-likeness (QED) is 0.816. The number of pyridine rings is 1. The molecule has 0 aromatic carbocycles. The molecule has 0 bridgehead atoms. The van der Waals surface area contributed by atoms with Crippen molar-refractivity contribution in [2.45, 2.75) is 24.7 Å². The number of hydrogen-bond acceptors (Lipinski definition) is 2. The summed E-state index contributed by atoms with van der Waals surface area (Å²) in [5, 5.41) is 9.68. The van der Waals surface area contributed by atoms with E-state index in [9.17, 15) is 9.90 Å². The Hall–Kier alpha value is -1.09. The van der Waals surface area contributed by atoms with Gasteiger partial charge in [-0.15, -0.1) is 0 Å². The highest BCUT2D eigenvalue weighted by atomic mass is 35.5. The van der Waals surface area contributed by atoms with Gasteiger partial charge in [0.1, 0.15) is 0 Å². The molecule has 0 atom stereocenters. The fourth-order valence-corrected chi connectivity index (χ4v) is 2.14. The molecule has 74 valence electrons. The maximum absolute atomic E-state index is 11.2. The molecule has 2 rings (SSSR count). The number of aromatic nitrogens is 1. The second kappa shape index (κ2) is 3.24. The molecule has 0 radical (unpaired) electrons. The van der Waals surface area contributed by atoms with E-state index in [1.165, 1.54) is 0 Å². The number of halogens is 1. The second-order valence-electron chi connectivity index (χ2n) is 3.60. The molecule has 1 aromatic heterocycles. The Bertz CT molecular complexity index is 374. The summed E-state index contributed by atoms with van der Waals surface area (Å²) in [7, 11) is 0. The molecule has 0 unspecified atom stereocenters. The third kappa shape index (κ3) is 1.20. The van der Waals surface area contributed by atoms with E-state index in [-0.39, 0.29) is 0 Å². The molecule has 1 aromatic rings. The number of carbonyl (C=O) groups is 1. The molecular formula is C10H10ClNO2. The minimum absolute atomic E-state index is 0.502. The van der Waals surface area contributed by atoms with Crippen molar-refractivity contribution in [2.24, 2.45) is 0 Å². The van der Waals surface area contributed by atoms with Gasteiger partial charge < -0.3 is 5.11 Å². The summed E-state index contributed by atoms with van der Waals surface area (Å²) >= 11 is 5.96. The van der Waals surface area contributed by atoms with Crippen molar-refractivity contribution in [1.29, 1.82) is 0 Å². The molecule has 1 saturated carbocycles. The van der Waals surface area contributed by atoms with E-state index < -0.39 is 11.4 Å². The lowest BCUT2D eigenvalue weighted by Crippen LogP contribution is -2.42. The van der Waals surface area contributed by atoms with E-state index in [4.69, 9.17) is 11.6 Å². The van der Waals surface area contributed by atoms with Crippen LogP contribution in [0.1, 0.15) is 24.8 Å². The Balaban J connectivity index is 2.47. The zero-order valence-electron chi connectivity index (χ0n) is 7.53. The van der Waals surface area contributed by atoms with Gasteiger partial charge in [-0.3, -0.25) is 9.78 Å². The minimum atomic E-state index is -0.793. The molecular weight excluding hydrogens is 202 g/mol. The van der Waals surface area contributed by atoms with Crippen molar-refractivity contribution < 1.29 is 9.90 Å². The molecule has 1 fully saturated rings. The highest BCUT2D eigenvalue weighted by Gasteiger charge is 2.47. The topological polar surface area (TPSA) is 50.2 Å². The molecule has 4 heteroatoms. The van der Waals surface area contributed by atoms with Crippen LogP contribution in [0.5, 0.6) is 0 Å². The van der Waals surface area contributed by atoms with Crippen LogP contribution in [-0.2, 0) is 10.2 Å². The van der Waals surface area contributed by atoms with Gasteiger partial charge in [-0.1, -0.05) is 18.0 Å². The van der Waals surface area contributed by atoms with Gasteiger partial charge in [-0.05, 0) is 18.9 Å². The number of nitrogens with zero attached hydrogens (tertiary/aromatic N) is 1. The third-order valence-electron chi connectivity index (χ3n) is 2.90. The summed E-state index contributed by atoms with van der Waals surface area (Å²) in [4.78, 5) is 15.1. The zero-order chi connectivity index (χ0) is 10.2. The number of rotatable bonds is 2. The monoisotopic (exact) mass is 211 g/mol. The van der Waals surface area contributed by atoms with E-state index >= 15 is 0 Å². The second-order valence-corrected chi connectivity index (χ2v) is 4.00. The Morgan fingerprint density at radius 3 is 2.71 bits per heavy atom. The Morgan fingerprint density at radius 1 is 1.57 bits per heavy atom. The van der Waals surface area contributed by atoms with Gasteiger partial charge in [-0.25, -0.2) is 0 Å². The highest BCUT2D eigenvalue weighted by Crippen LogP contribution is 2.45. The van der Waals surface area contributed by atoms with Gasteiger partial charge in [0, 0.05) is 23.0 Å². The lowest BCUT2D eigenvalue weighted by molar-refractivity contribution is -0.147. The normalized spacial score (nSPS) is 18.6. The van der Waals surface area contributed by atoms with Crippen LogP contribution in [0, 0.1) is 0 Å². The Morgan fingerprint density at radius 2 is 2.29 bits per heavy atom. The molecule has 1 aliphatic carbocycles. The first kappa shape index (κ1) is 9.46. The molecule has 1 N–H and O–H groups in total. The van der Waals surface area contributed by atoms with E-state index in [1.807, 2.05) is 0 Å². The Kier molecular flexibility index (Phi) is 2.19. The van der Waals surface area contributed by atoms with Crippen LogP contribution in [0.25, 0.3) is 0 Å². The van der Waals surface area contributed by atoms with E-state index in [2.05, 4.69) is 4.98 Å². The summed E-state index contributed by atoms with van der Waals surface area (Å²) < 4.78 is 0. The third-order valence-corrected chi connectivity index (χ3v) is 3.23. The molecule has 1 heterocycles. The summed E-state index contributed by atoms with van der Waals surface area (Å²) in [5.41, 5.74) is -0.119. The highest BCUT2D eigenvalue weighted by molar-refractivity contribution is 6.31. The van der Waals surface area contributed by atoms with E-state index in [0.717, 1.165) is 6.42 Å². The first-order valence-corrected chi connectivity index (χ1v) is 4.88. The van der Waals surface area contributed by atoms with Crippen molar-refractivity contribution in [2.75, 3.05) is 0 Å². The van der Waals surface area contributed by atoms with Crippen molar-refractivity contribution in [3.05, 3.63) is 29.0 Å². The summed E-state index contributed by atoms with van der Waals surface area (Å²) in [5.74, 6) is -0.793. The summed E-state index contributed by atoms with van der Waals surface area (Å²) in [6.07, 6.45) is 5.40. The van der Waals surface area contributed by atoms with Crippen LogP contribution in [0.2, 0.25) is 5.02 Å². The smallest absolute Gasteiger partial charge is 0.314 e. The zero-order valence-corrected chi connectivity index (χ0v) is 8.29. The molecule has 3 nitrogen and oxygen atoms in total. The van der Waals surface area contributed by atoms with E-state index in [0.29, 0.717) is 23.4 Å². The molecule has 1 aliphatic rings. The first-order chi connectivity index (χ1) is 6.67.